The molecule has 0 spiro atoms. The third-order valence-corrected chi connectivity index (χ3v) is 4.78. The van der Waals surface area contributed by atoms with Crippen molar-refractivity contribution < 1.29 is 14.7 Å². The van der Waals surface area contributed by atoms with Crippen molar-refractivity contribution in [3.05, 3.63) is 0 Å². The zero-order chi connectivity index (χ0) is 14.0. The normalized spacial score (nSPS) is 35.4. The standard InChI is InChI=1S/C14H24N2O3/c1-3-14(5-6-15-9-14)13(19)16-7-4-10(2)8-11(16)12(17)18/h10-11,15H,3-9H2,1-2H3,(H,17,18). The van der Waals surface area contributed by atoms with Gasteiger partial charge in [-0.2, -0.15) is 0 Å². The molecule has 108 valence electrons. The van der Waals surface area contributed by atoms with Crippen LogP contribution in [0.25, 0.3) is 0 Å². The van der Waals surface area contributed by atoms with E-state index < -0.39 is 12.0 Å². The summed E-state index contributed by atoms with van der Waals surface area (Å²) in [6.07, 6.45) is 3.08. The largest absolute Gasteiger partial charge is 0.480 e. The molecule has 3 unspecified atom stereocenters. The van der Waals surface area contributed by atoms with Crippen LogP contribution in [0.1, 0.15) is 39.5 Å². The third-order valence-electron chi connectivity index (χ3n) is 4.78. The number of likely N-dealkylation sites (tertiary alicyclic amines) is 1. The Morgan fingerprint density at radius 3 is 2.74 bits per heavy atom. The topological polar surface area (TPSA) is 69.6 Å². The van der Waals surface area contributed by atoms with Gasteiger partial charge in [0.15, 0.2) is 0 Å². The number of nitrogens with one attached hydrogen (secondary N) is 1. The lowest BCUT2D eigenvalue weighted by Gasteiger charge is -2.41. The van der Waals surface area contributed by atoms with E-state index in [9.17, 15) is 14.7 Å². The molecule has 3 atom stereocenters. The number of nitrogens with zero attached hydrogens (tertiary/aromatic N) is 1. The van der Waals surface area contributed by atoms with Gasteiger partial charge in [0, 0.05) is 13.1 Å². The van der Waals surface area contributed by atoms with E-state index in [1.165, 1.54) is 0 Å². The molecule has 0 saturated carbocycles. The van der Waals surface area contributed by atoms with E-state index in [1.54, 1.807) is 4.90 Å². The number of piperidine rings is 1. The molecule has 0 aromatic rings. The quantitative estimate of drug-likeness (QED) is 0.804. The molecule has 2 fully saturated rings. The van der Waals surface area contributed by atoms with Crippen LogP contribution in [0.3, 0.4) is 0 Å². The minimum absolute atomic E-state index is 0.0410. The van der Waals surface area contributed by atoms with E-state index in [-0.39, 0.29) is 11.3 Å². The molecule has 5 nitrogen and oxygen atoms in total. The summed E-state index contributed by atoms with van der Waals surface area (Å²) in [5, 5.41) is 12.6. The van der Waals surface area contributed by atoms with E-state index in [1.807, 2.05) is 6.92 Å². The second-order valence-corrected chi connectivity index (χ2v) is 6.04. The van der Waals surface area contributed by atoms with Gasteiger partial charge in [-0.1, -0.05) is 13.8 Å². The predicted octanol–water partition coefficient (Wildman–Crippen LogP) is 1.09. The fraction of sp³-hybridized carbons (Fsp3) is 0.857. The summed E-state index contributed by atoms with van der Waals surface area (Å²) in [4.78, 5) is 25.8. The number of aliphatic carboxylic acids is 1. The Bertz CT molecular complexity index is 364. The summed E-state index contributed by atoms with van der Waals surface area (Å²) in [6, 6.07) is -0.639. The summed E-state index contributed by atoms with van der Waals surface area (Å²) in [6.45, 7) is 6.19. The molecule has 0 aromatic heterocycles. The van der Waals surface area contributed by atoms with Gasteiger partial charge in [-0.05, 0) is 38.1 Å². The van der Waals surface area contributed by atoms with Gasteiger partial charge in [0.25, 0.3) is 0 Å². The summed E-state index contributed by atoms with van der Waals surface area (Å²) in [5.74, 6) is -0.444. The van der Waals surface area contributed by atoms with Crippen molar-refractivity contribution in [1.29, 1.82) is 0 Å². The zero-order valence-corrected chi connectivity index (χ0v) is 11.8. The number of carbonyl (C=O) groups is 2. The lowest BCUT2D eigenvalue weighted by atomic mass is 9.81. The molecule has 2 N–H and O–H groups in total. The first kappa shape index (κ1) is 14.3. The van der Waals surface area contributed by atoms with Crippen molar-refractivity contribution in [2.75, 3.05) is 19.6 Å². The molecule has 2 saturated heterocycles. The Hall–Kier alpha value is -1.10. The summed E-state index contributed by atoms with van der Waals surface area (Å²) in [5.41, 5.74) is -0.381. The minimum atomic E-state index is -0.864. The van der Waals surface area contributed by atoms with Crippen LogP contribution in [0.2, 0.25) is 0 Å². The van der Waals surface area contributed by atoms with Crippen LogP contribution in [0.15, 0.2) is 0 Å². The Labute approximate surface area is 114 Å². The van der Waals surface area contributed by atoms with Crippen molar-refractivity contribution in [2.24, 2.45) is 11.3 Å². The van der Waals surface area contributed by atoms with Gasteiger partial charge in [-0.25, -0.2) is 4.79 Å². The zero-order valence-electron chi connectivity index (χ0n) is 11.8. The lowest BCUT2D eigenvalue weighted by Crippen LogP contribution is -2.55. The summed E-state index contributed by atoms with van der Waals surface area (Å²) < 4.78 is 0. The first-order valence-electron chi connectivity index (χ1n) is 7.25. The van der Waals surface area contributed by atoms with Gasteiger partial charge >= 0.3 is 5.97 Å². The molecule has 19 heavy (non-hydrogen) atoms. The molecule has 0 aliphatic carbocycles. The van der Waals surface area contributed by atoms with Crippen LogP contribution >= 0.6 is 0 Å². The summed E-state index contributed by atoms with van der Waals surface area (Å²) in [7, 11) is 0. The van der Waals surface area contributed by atoms with Crippen LogP contribution < -0.4 is 5.32 Å². The number of carbonyl (C=O) groups excluding carboxylic acids is 1. The molecule has 2 aliphatic rings. The molecule has 5 heteroatoms. The first-order valence-corrected chi connectivity index (χ1v) is 7.25. The van der Waals surface area contributed by atoms with Gasteiger partial charge in [-0.3, -0.25) is 4.79 Å². The highest BCUT2D eigenvalue weighted by Crippen LogP contribution is 2.35. The molecular formula is C14H24N2O3. The van der Waals surface area contributed by atoms with E-state index >= 15 is 0 Å². The average Bonchev–Trinajstić information content (AvgIpc) is 2.87. The number of carboxylic acids is 1. The molecule has 2 aliphatic heterocycles. The average molecular weight is 268 g/mol. The fourth-order valence-corrected chi connectivity index (χ4v) is 3.30. The SMILES string of the molecule is CCC1(C(=O)N2CCC(C)CC2C(=O)O)CCNC1. The van der Waals surface area contributed by atoms with Gasteiger partial charge in [0.05, 0.1) is 5.41 Å². The number of hydrogen-bond acceptors (Lipinski definition) is 3. The van der Waals surface area contributed by atoms with E-state index in [0.717, 1.165) is 25.8 Å². The third kappa shape index (κ3) is 2.61. The maximum atomic E-state index is 12.8. The van der Waals surface area contributed by atoms with Crippen molar-refractivity contribution in [3.8, 4) is 0 Å². The maximum absolute atomic E-state index is 12.8. The van der Waals surface area contributed by atoms with Gasteiger partial charge in [0.1, 0.15) is 6.04 Å². The Balaban J connectivity index is 2.18. The Morgan fingerprint density at radius 2 is 2.21 bits per heavy atom. The smallest absolute Gasteiger partial charge is 0.326 e. The van der Waals surface area contributed by atoms with E-state index in [4.69, 9.17) is 0 Å². The van der Waals surface area contributed by atoms with Crippen LogP contribution in [0, 0.1) is 11.3 Å². The van der Waals surface area contributed by atoms with Crippen molar-refractivity contribution in [1.82, 2.24) is 10.2 Å². The minimum Gasteiger partial charge on any atom is -0.480 e. The Kier molecular flexibility index (Phi) is 4.13. The van der Waals surface area contributed by atoms with Crippen molar-refractivity contribution >= 4 is 11.9 Å². The highest BCUT2D eigenvalue weighted by atomic mass is 16.4. The van der Waals surface area contributed by atoms with Crippen LogP contribution in [-0.4, -0.2) is 47.6 Å². The molecule has 0 radical (unpaired) electrons. The van der Waals surface area contributed by atoms with Gasteiger partial charge in [0.2, 0.25) is 5.91 Å². The highest BCUT2D eigenvalue weighted by molar-refractivity contribution is 5.88. The second kappa shape index (κ2) is 5.49. The number of carboxylic acid groups (broad SMARTS) is 1. The second-order valence-electron chi connectivity index (χ2n) is 6.04. The molecule has 0 bridgehead atoms. The van der Waals surface area contributed by atoms with Crippen LogP contribution in [-0.2, 0) is 9.59 Å². The lowest BCUT2D eigenvalue weighted by molar-refractivity contribution is -0.158. The van der Waals surface area contributed by atoms with Crippen LogP contribution in [0.4, 0.5) is 0 Å². The molecule has 2 rings (SSSR count). The van der Waals surface area contributed by atoms with E-state index in [0.29, 0.717) is 25.4 Å². The Morgan fingerprint density at radius 1 is 1.47 bits per heavy atom. The molecule has 0 aromatic carbocycles. The first-order chi connectivity index (χ1) is 9.00. The summed E-state index contributed by atoms with van der Waals surface area (Å²) >= 11 is 0. The monoisotopic (exact) mass is 268 g/mol. The molecular weight excluding hydrogens is 244 g/mol. The van der Waals surface area contributed by atoms with Crippen molar-refractivity contribution in [3.63, 3.8) is 0 Å². The fourth-order valence-electron chi connectivity index (χ4n) is 3.30. The number of hydrogen-bond donors (Lipinski definition) is 2. The van der Waals surface area contributed by atoms with E-state index in [2.05, 4.69) is 12.2 Å². The predicted molar refractivity (Wildman–Crippen MR) is 71.7 cm³/mol. The van der Waals surface area contributed by atoms with Gasteiger partial charge in [-0.15, -0.1) is 0 Å². The van der Waals surface area contributed by atoms with Crippen molar-refractivity contribution in [2.45, 2.75) is 45.6 Å². The molecule has 1 amide bonds. The number of amides is 1. The number of rotatable bonds is 3. The van der Waals surface area contributed by atoms with Gasteiger partial charge < -0.3 is 15.3 Å². The maximum Gasteiger partial charge on any atom is 0.326 e. The molecule has 2 heterocycles. The van der Waals surface area contributed by atoms with Crippen LogP contribution in [0.5, 0.6) is 0 Å². The highest BCUT2D eigenvalue weighted by Gasteiger charge is 2.46.